The molecule has 4 heteroatoms. The number of nitrogens with zero attached hydrogens (tertiary/aromatic N) is 2. The first-order valence-electron chi connectivity index (χ1n) is 12.0. The van der Waals surface area contributed by atoms with Crippen LogP contribution in [0.25, 0.3) is 0 Å². The molecule has 1 aromatic rings. The van der Waals surface area contributed by atoms with Gasteiger partial charge in [0.1, 0.15) is 5.82 Å². The topological polar surface area (TPSA) is 26.7 Å². The van der Waals surface area contributed by atoms with Gasteiger partial charge in [-0.3, -0.25) is 0 Å². The van der Waals surface area contributed by atoms with E-state index in [0.29, 0.717) is 18.3 Å². The number of piperidine rings is 2. The SMILES string of the molecule is OC1(Cc2ccc(F)cc2)C(CN2CCCCC2)CCCC1CN1CCCCC1. The number of aliphatic hydroxyl groups is 1. The fourth-order valence-electron chi connectivity index (χ4n) is 6.07. The van der Waals surface area contributed by atoms with Gasteiger partial charge in [0, 0.05) is 31.3 Å². The molecule has 1 N–H and O–H groups in total. The number of rotatable bonds is 6. The van der Waals surface area contributed by atoms with E-state index in [1.165, 1.54) is 71.1 Å². The number of halogens is 1. The Kier molecular flexibility index (Phi) is 7.25. The summed E-state index contributed by atoms with van der Waals surface area (Å²) in [5, 5.41) is 12.2. The Morgan fingerprint density at radius 3 is 1.72 bits per heavy atom. The van der Waals surface area contributed by atoms with Gasteiger partial charge in [-0.2, -0.15) is 0 Å². The van der Waals surface area contributed by atoms with Crippen molar-refractivity contribution < 1.29 is 9.50 Å². The number of hydrogen-bond acceptors (Lipinski definition) is 3. The molecule has 3 aliphatic rings. The van der Waals surface area contributed by atoms with Crippen LogP contribution in [0, 0.1) is 17.7 Å². The molecule has 0 amide bonds. The van der Waals surface area contributed by atoms with E-state index in [1.54, 1.807) is 12.1 Å². The highest BCUT2D eigenvalue weighted by atomic mass is 19.1. The summed E-state index contributed by atoms with van der Waals surface area (Å²) in [6.45, 7) is 6.77. The summed E-state index contributed by atoms with van der Waals surface area (Å²) in [5.41, 5.74) is 0.383. The third-order valence-electron chi connectivity index (χ3n) is 7.77. The Morgan fingerprint density at radius 1 is 0.759 bits per heavy atom. The first-order chi connectivity index (χ1) is 14.1. The van der Waals surface area contributed by atoms with Gasteiger partial charge in [-0.05, 0) is 82.4 Å². The fourth-order valence-corrected chi connectivity index (χ4v) is 6.07. The van der Waals surface area contributed by atoms with Gasteiger partial charge in [-0.15, -0.1) is 0 Å². The lowest BCUT2D eigenvalue weighted by Crippen LogP contribution is -2.56. The van der Waals surface area contributed by atoms with Crippen molar-refractivity contribution in [1.29, 1.82) is 0 Å². The summed E-state index contributed by atoms with van der Waals surface area (Å²) in [6, 6.07) is 6.83. The molecule has 3 nitrogen and oxygen atoms in total. The fraction of sp³-hybridized carbons (Fsp3) is 0.760. The lowest BCUT2D eigenvalue weighted by molar-refractivity contribution is -0.112. The van der Waals surface area contributed by atoms with Gasteiger partial charge in [0.2, 0.25) is 0 Å². The standard InChI is InChI=1S/C25H39FN2O/c26-24-12-10-21(11-13-24)18-25(29)22(19-27-14-3-1-4-15-27)8-7-9-23(25)20-28-16-5-2-6-17-28/h10-13,22-23,29H,1-9,14-20H2. The average Bonchev–Trinajstić information content (AvgIpc) is 2.74. The molecule has 0 aromatic heterocycles. The largest absolute Gasteiger partial charge is 0.389 e. The zero-order chi connectivity index (χ0) is 20.1. The monoisotopic (exact) mass is 402 g/mol. The van der Waals surface area contributed by atoms with Gasteiger partial charge >= 0.3 is 0 Å². The Hall–Kier alpha value is -0.970. The van der Waals surface area contributed by atoms with E-state index in [4.69, 9.17) is 0 Å². The first-order valence-corrected chi connectivity index (χ1v) is 12.0. The van der Waals surface area contributed by atoms with Crippen LogP contribution in [0.2, 0.25) is 0 Å². The van der Waals surface area contributed by atoms with Crippen LogP contribution >= 0.6 is 0 Å². The van der Waals surface area contributed by atoms with Crippen LogP contribution in [0.15, 0.2) is 24.3 Å². The Bertz CT molecular complexity index is 594. The smallest absolute Gasteiger partial charge is 0.123 e. The summed E-state index contributed by atoms with van der Waals surface area (Å²) < 4.78 is 13.5. The second kappa shape index (κ2) is 9.89. The van der Waals surface area contributed by atoms with E-state index in [0.717, 1.165) is 31.5 Å². The maximum absolute atomic E-state index is 13.5. The molecule has 0 bridgehead atoms. The van der Waals surface area contributed by atoms with Crippen molar-refractivity contribution in [3.63, 3.8) is 0 Å². The van der Waals surface area contributed by atoms with Gasteiger partial charge in [-0.1, -0.05) is 31.4 Å². The molecule has 29 heavy (non-hydrogen) atoms. The number of benzene rings is 1. The summed E-state index contributed by atoms with van der Waals surface area (Å²) in [5.74, 6) is 0.433. The molecular formula is C25H39FN2O. The van der Waals surface area contributed by atoms with Crippen molar-refractivity contribution in [3.8, 4) is 0 Å². The van der Waals surface area contributed by atoms with Crippen LogP contribution in [0.1, 0.15) is 63.4 Å². The van der Waals surface area contributed by atoms with E-state index < -0.39 is 5.60 Å². The molecule has 1 aliphatic carbocycles. The van der Waals surface area contributed by atoms with Crippen LogP contribution in [-0.4, -0.2) is 59.8 Å². The molecule has 3 fully saturated rings. The van der Waals surface area contributed by atoms with Crippen molar-refractivity contribution in [2.45, 2.75) is 69.8 Å². The average molecular weight is 403 g/mol. The summed E-state index contributed by atoms with van der Waals surface area (Å²) in [7, 11) is 0. The second-order valence-electron chi connectivity index (χ2n) is 9.84. The van der Waals surface area contributed by atoms with Gasteiger partial charge in [0.15, 0.2) is 0 Å². The minimum atomic E-state index is -0.690. The van der Waals surface area contributed by atoms with Gasteiger partial charge in [-0.25, -0.2) is 4.39 Å². The van der Waals surface area contributed by atoms with Crippen molar-refractivity contribution in [3.05, 3.63) is 35.6 Å². The third kappa shape index (κ3) is 5.39. The van der Waals surface area contributed by atoms with Crippen molar-refractivity contribution in [1.82, 2.24) is 9.80 Å². The minimum absolute atomic E-state index is 0.195. The van der Waals surface area contributed by atoms with Crippen LogP contribution in [0.3, 0.4) is 0 Å². The highest BCUT2D eigenvalue weighted by Gasteiger charge is 2.47. The first kappa shape index (κ1) is 21.3. The highest BCUT2D eigenvalue weighted by molar-refractivity contribution is 5.20. The number of likely N-dealkylation sites (tertiary alicyclic amines) is 2. The van der Waals surface area contributed by atoms with Gasteiger partial charge < -0.3 is 14.9 Å². The summed E-state index contributed by atoms with van der Waals surface area (Å²) in [6.07, 6.45) is 12.0. The van der Waals surface area contributed by atoms with E-state index in [2.05, 4.69) is 9.80 Å². The minimum Gasteiger partial charge on any atom is -0.389 e. The summed E-state index contributed by atoms with van der Waals surface area (Å²) >= 11 is 0. The van der Waals surface area contributed by atoms with Crippen molar-refractivity contribution in [2.75, 3.05) is 39.3 Å². The molecule has 2 saturated heterocycles. The molecule has 1 saturated carbocycles. The Balaban J connectivity index is 1.53. The van der Waals surface area contributed by atoms with Crippen LogP contribution in [-0.2, 0) is 6.42 Å². The van der Waals surface area contributed by atoms with Crippen molar-refractivity contribution >= 4 is 0 Å². The highest BCUT2D eigenvalue weighted by Crippen LogP contribution is 2.42. The summed E-state index contributed by atoms with van der Waals surface area (Å²) in [4.78, 5) is 5.18. The predicted octanol–water partition coefficient (Wildman–Crippen LogP) is 4.49. The Labute approximate surface area is 176 Å². The quantitative estimate of drug-likeness (QED) is 0.760. The zero-order valence-electron chi connectivity index (χ0n) is 18.0. The molecule has 162 valence electrons. The molecular weight excluding hydrogens is 363 g/mol. The van der Waals surface area contributed by atoms with E-state index in [-0.39, 0.29) is 5.82 Å². The van der Waals surface area contributed by atoms with Crippen molar-refractivity contribution in [2.24, 2.45) is 11.8 Å². The molecule has 0 spiro atoms. The molecule has 2 unspecified atom stereocenters. The molecule has 4 rings (SSSR count). The lowest BCUT2D eigenvalue weighted by atomic mass is 9.65. The normalized spacial score (nSPS) is 32.3. The lowest BCUT2D eigenvalue weighted by Gasteiger charge is -2.49. The zero-order valence-corrected chi connectivity index (χ0v) is 18.0. The molecule has 2 atom stereocenters. The Morgan fingerprint density at radius 2 is 1.24 bits per heavy atom. The molecule has 1 aromatic carbocycles. The van der Waals surface area contributed by atoms with E-state index >= 15 is 0 Å². The van der Waals surface area contributed by atoms with Gasteiger partial charge in [0.25, 0.3) is 0 Å². The molecule has 2 heterocycles. The van der Waals surface area contributed by atoms with Crippen LogP contribution < -0.4 is 0 Å². The number of hydrogen-bond donors (Lipinski definition) is 1. The van der Waals surface area contributed by atoms with E-state index in [1.807, 2.05) is 12.1 Å². The predicted molar refractivity (Wildman–Crippen MR) is 116 cm³/mol. The molecule has 2 aliphatic heterocycles. The molecule has 0 radical (unpaired) electrons. The van der Waals surface area contributed by atoms with Crippen LogP contribution in [0.4, 0.5) is 4.39 Å². The van der Waals surface area contributed by atoms with Gasteiger partial charge in [0.05, 0.1) is 5.60 Å². The van der Waals surface area contributed by atoms with Crippen LogP contribution in [0.5, 0.6) is 0 Å². The third-order valence-corrected chi connectivity index (χ3v) is 7.77. The van der Waals surface area contributed by atoms with E-state index in [9.17, 15) is 9.50 Å². The maximum Gasteiger partial charge on any atom is 0.123 e. The second-order valence-corrected chi connectivity index (χ2v) is 9.84. The maximum atomic E-state index is 13.5.